The normalized spacial score (nSPS) is 17.5. The molecule has 0 unspecified atom stereocenters. The molecule has 3 heterocycles. The summed E-state index contributed by atoms with van der Waals surface area (Å²) in [5.41, 5.74) is 1.07. The molecule has 1 aromatic rings. The van der Waals surface area contributed by atoms with E-state index in [1.165, 1.54) is 25.7 Å². The second kappa shape index (κ2) is 12.9. The van der Waals surface area contributed by atoms with Crippen molar-refractivity contribution in [1.82, 2.24) is 20.5 Å². The molecule has 162 valence electrons. The van der Waals surface area contributed by atoms with Gasteiger partial charge in [0.1, 0.15) is 5.82 Å². The molecule has 29 heavy (non-hydrogen) atoms. The summed E-state index contributed by atoms with van der Waals surface area (Å²) in [6.45, 7) is 7.58. The van der Waals surface area contributed by atoms with Gasteiger partial charge in [0, 0.05) is 38.9 Å². The van der Waals surface area contributed by atoms with E-state index in [2.05, 4.69) is 37.6 Å². The number of nitrogens with zero attached hydrogens (tertiary/aromatic N) is 4. The lowest BCUT2D eigenvalue weighted by atomic mass is 10.2. The van der Waals surface area contributed by atoms with Crippen LogP contribution in [0, 0.1) is 0 Å². The van der Waals surface area contributed by atoms with Crippen LogP contribution >= 0.6 is 24.0 Å². The van der Waals surface area contributed by atoms with Crippen molar-refractivity contribution in [3.8, 4) is 0 Å². The molecule has 2 N–H and O–H groups in total. The molecule has 7 nitrogen and oxygen atoms in total. The van der Waals surface area contributed by atoms with E-state index in [0.29, 0.717) is 12.5 Å². The molecule has 3 rings (SSSR count). The highest BCUT2D eigenvalue weighted by Gasteiger charge is 2.17. The molecule has 0 saturated carbocycles. The monoisotopic (exact) mass is 514 g/mol. The largest absolute Gasteiger partial charge is 0.357 e. The van der Waals surface area contributed by atoms with E-state index in [1.54, 1.807) is 0 Å². The Morgan fingerprint density at radius 1 is 1.03 bits per heavy atom. The first-order valence-electron chi connectivity index (χ1n) is 10.8. The summed E-state index contributed by atoms with van der Waals surface area (Å²) in [6.07, 6.45) is 9.29. The van der Waals surface area contributed by atoms with Gasteiger partial charge in [0.25, 0.3) is 0 Å². The van der Waals surface area contributed by atoms with Crippen molar-refractivity contribution in [2.45, 2.75) is 52.0 Å². The quantitative estimate of drug-likeness (QED) is 0.347. The molecule has 0 aliphatic carbocycles. The van der Waals surface area contributed by atoms with Crippen LogP contribution in [-0.4, -0.2) is 61.0 Å². The van der Waals surface area contributed by atoms with Crippen LogP contribution in [0.15, 0.2) is 23.3 Å². The van der Waals surface area contributed by atoms with Gasteiger partial charge in [-0.1, -0.05) is 18.9 Å². The van der Waals surface area contributed by atoms with Crippen LogP contribution in [0.4, 0.5) is 5.82 Å². The molecular weight excluding hydrogens is 479 g/mol. The number of carbonyl (C=O) groups is 1. The highest BCUT2D eigenvalue weighted by Crippen LogP contribution is 2.17. The predicted octanol–water partition coefficient (Wildman–Crippen LogP) is 2.76. The maximum absolute atomic E-state index is 12.2. The lowest BCUT2D eigenvalue weighted by Gasteiger charge is -2.21. The highest BCUT2D eigenvalue weighted by molar-refractivity contribution is 14.0. The third-order valence-electron chi connectivity index (χ3n) is 5.37. The summed E-state index contributed by atoms with van der Waals surface area (Å²) in [4.78, 5) is 25.8. The molecule has 0 bridgehead atoms. The Balaban J connectivity index is 0.00000300. The minimum absolute atomic E-state index is 0. The first kappa shape index (κ1) is 23.7. The molecule has 2 aliphatic heterocycles. The van der Waals surface area contributed by atoms with Gasteiger partial charge < -0.3 is 20.4 Å². The van der Waals surface area contributed by atoms with Gasteiger partial charge in [-0.2, -0.15) is 0 Å². The van der Waals surface area contributed by atoms with E-state index in [1.807, 2.05) is 18.0 Å². The minimum Gasteiger partial charge on any atom is -0.357 e. The summed E-state index contributed by atoms with van der Waals surface area (Å²) in [5.74, 6) is 1.88. The number of pyridine rings is 1. The van der Waals surface area contributed by atoms with Crippen LogP contribution in [-0.2, 0) is 11.3 Å². The zero-order chi connectivity index (χ0) is 19.6. The molecule has 2 saturated heterocycles. The predicted molar refractivity (Wildman–Crippen MR) is 129 cm³/mol. The standard InChI is InChI=1S/C21H34N6O.HI/c1-2-22-21(25-17-20(28)27-13-7-8-14-27)24-16-18-9-10-19(23-15-18)26-11-5-3-4-6-12-26;/h9-10,15H,2-8,11-14,16-17H2,1H3,(H2,22,24,25);1H. The van der Waals surface area contributed by atoms with E-state index in [9.17, 15) is 4.79 Å². The fourth-order valence-corrected chi connectivity index (χ4v) is 3.75. The fourth-order valence-electron chi connectivity index (χ4n) is 3.75. The van der Waals surface area contributed by atoms with Gasteiger partial charge in [-0.3, -0.25) is 4.79 Å². The molecule has 2 fully saturated rings. The number of halogens is 1. The van der Waals surface area contributed by atoms with E-state index in [0.717, 1.165) is 56.9 Å². The Morgan fingerprint density at radius 2 is 1.72 bits per heavy atom. The van der Waals surface area contributed by atoms with Gasteiger partial charge in [0.2, 0.25) is 5.91 Å². The van der Waals surface area contributed by atoms with Gasteiger partial charge in [-0.05, 0) is 44.2 Å². The molecule has 0 aromatic carbocycles. The van der Waals surface area contributed by atoms with Gasteiger partial charge in [-0.25, -0.2) is 9.98 Å². The number of carbonyl (C=O) groups excluding carboxylic acids is 1. The van der Waals surface area contributed by atoms with Crippen molar-refractivity contribution in [2.24, 2.45) is 4.99 Å². The van der Waals surface area contributed by atoms with Crippen LogP contribution in [0.25, 0.3) is 0 Å². The summed E-state index contributed by atoms with van der Waals surface area (Å²) >= 11 is 0. The number of nitrogens with one attached hydrogen (secondary N) is 2. The molecular formula is C21H35IN6O. The number of aromatic nitrogens is 1. The molecule has 2 aliphatic rings. The Bertz CT molecular complexity index is 637. The van der Waals surface area contributed by atoms with E-state index >= 15 is 0 Å². The lowest BCUT2D eigenvalue weighted by Crippen LogP contribution is -2.44. The average molecular weight is 514 g/mol. The summed E-state index contributed by atoms with van der Waals surface area (Å²) in [5, 5.41) is 6.36. The van der Waals surface area contributed by atoms with Crippen LogP contribution in [0.2, 0.25) is 0 Å². The number of hydrogen-bond donors (Lipinski definition) is 2. The minimum atomic E-state index is 0. The lowest BCUT2D eigenvalue weighted by molar-refractivity contribution is -0.128. The smallest absolute Gasteiger partial charge is 0.241 e. The number of likely N-dealkylation sites (tertiary alicyclic amines) is 1. The number of guanidine groups is 1. The zero-order valence-corrected chi connectivity index (χ0v) is 19.9. The Hall–Kier alpha value is -1.58. The SMILES string of the molecule is CCNC(=NCc1ccc(N2CCCCCC2)nc1)NCC(=O)N1CCCC1.I. The maximum atomic E-state index is 12.2. The Morgan fingerprint density at radius 3 is 2.34 bits per heavy atom. The Kier molecular flexibility index (Phi) is 10.5. The van der Waals surface area contributed by atoms with Crippen molar-refractivity contribution in [3.63, 3.8) is 0 Å². The molecule has 1 aromatic heterocycles. The third kappa shape index (κ3) is 7.64. The Labute approximate surface area is 191 Å². The first-order chi connectivity index (χ1) is 13.8. The summed E-state index contributed by atoms with van der Waals surface area (Å²) in [7, 11) is 0. The van der Waals surface area contributed by atoms with E-state index in [4.69, 9.17) is 0 Å². The fraction of sp³-hybridized carbons (Fsp3) is 0.667. The van der Waals surface area contributed by atoms with Gasteiger partial charge in [0.15, 0.2) is 5.96 Å². The average Bonchev–Trinajstić information content (AvgIpc) is 3.13. The number of anilines is 1. The number of hydrogen-bond acceptors (Lipinski definition) is 4. The van der Waals surface area contributed by atoms with Crippen LogP contribution in [0.1, 0.15) is 51.0 Å². The van der Waals surface area contributed by atoms with Crippen LogP contribution in [0.5, 0.6) is 0 Å². The summed E-state index contributed by atoms with van der Waals surface area (Å²) < 4.78 is 0. The number of rotatable bonds is 6. The molecule has 0 atom stereocenters. The van der Waals surface area contributed by atoms with Crippen LogP contribution in [0.3, 0.4) is 0 Å². The van der Waals surface area contributed by atoms with Crippen molar-refractivity contribution in [2.75, 3.05) is 44.2 Å². The van der Waals surface area contributed by atoms with Crippen molar-refractivity contribution < 1.29 is 4.79 Å². The second-order valence-corrected chi connectivity index (χ2v) is 7.56. The van der Waals surface area contributed by atoms with E-state index in [-0.39, 0.29) is 36.4 Å². The topological polar surface area (TPSA) is 72.9 Å². The molecule has 0 radical (unpaired) electrons. The second-order valence-electron chi connectivity index (χ2n) is 7.56. The van der Waals surface area contributed by atoms with Gasteiger partial charge in [-0.15, -0.1) is 24.0 Å². The van der Waals surface area contributed by atoms with Crippen molar-refractivity contribution in [3.05, 3.63) is 23.9 Å². The highest BCUT2D eigenvalue weighted by atomic mass is 127. The number of amides is 1. The van der Waals surface area contributed by atoms with Crippen LogP contribution < -0.4 is 15.5 Å². The van der Waals surface area contributed by atoms with Gasteiger partial charge in [0.05, 0.1) is 13.1 Å². The van der Waals surface area contributed by atoms with Crippen molar-refractivity contribution >= 4 is 41.7 Å². The molecule has 1 amide bonds. The first-order valence-corrected chi connectivity index (χ1v) is 10.8. The van der Waals surface area contributed by atoms with Gasteiger partial charge >= 0.3 is 0 Å². The zero-order valence-electron chi connectivity index (χ0n) is 17.5. The van der Waals surface area contributed by atoms with Crippen molar-refractivity contribution in [1.29, 1.82) is 0 Å². The maximum Gasteiger partial charge on any atom is 0.241 e. The third-order valence-corrected chi connectivity index (χ3v) is 5.37. The number of aliphatic imine (C=N–C) groups is 1. The van der Waals surface area contributed by atoms with E-state index < -0.39 is 0 Å². The molecule has 0 spiro atoms. The summed E-state index contributed by atoms with van der Waals surface area (Å²) in [6, 6.07) is 4.21. The molecule has 8 heteroatoms.